The van der Waals surface area contributed by atoms with Crippen LogP contribution in [-0.2, 0) is 10.0 Å². The van der Waals surface area contributed by atoms with Crippen LogP contribution in [0.4, 0.5) is 11.4 Å². The van der Waals surface area contributed by atoms with E-state index in [-0.39, 0.29) is 0 Å². The minimum Gasteiger partial charge on any atom is -0.398 e. The summed E-state index contributed by atoms with van der Waals surface area (Å²) in [5.74, 6) is 0. The van der Waals surface area contributed by atoms with E-state index in [1.807, 2.05) is 24.3 Å². The van der Waals surface area contributed by atoms with Gasteiger partial charge in [-0.2, -0.15) is 4.31 Å². The molecule has 2 aromatic rings. The van der Waals surface area contributed by atoms with Crippen LogP contribution in [0.3, 0.4) is 0 Å². The Morgan fingerprint density at radius 3 is 2.52 bits per heavy atom. The molecule has 0 unspecified atom stereocenters. The SMILES string of the molecule is CS(=O)(=O)N1CCN(c2ccc(N)c3cccnc23)CC1. The molecule has 1 aromatic heterocycles. The number of nitrogen functional groups attached to an aromatic ring is 1. The zero-order chi connectivity index (χ0) is 15.0. The van der Waals surface area contributed by atoms with Gasteiger partial charge in [-0.3, -0.25) is 4.98 Å². The summed E-state index contributed by atoms with van der Waals surface area (Å²) >= 11 is 0. The van der Waals surface area contributed by atoms with Crippen LogP contribution in [0.25, 0.3) is 10.9 Å². The molecule has 1 aliphatic rings. The van der Waals surface area contributed by atoms with E-state index in [0.717, 1.165) is 16.6 Å². The molecule has 6 nitrogen and oxygen atoms in total. The molecule has 1 aromatic carbocycles. The molecule has 3 rings (SSSR count). The fourth-order valence-electron chi connectivity index (χ4n) is 2.70. The highest BCUT2D eigenvalue weighted by molar-refractivity contribution is 7.88. The fourth-order valence-corrected chi connectivity index (χ4v) is 3.52. The third-order valence-electron chi connectivity index (χ3n) is 3.83. The van der Waals surface area contributed by atoms with Crippen LogP contribution in [0.15, 0.2) is 30.5 Å². The van der Waals surface area contributed by atoms with Gasteiger partial charge in [-0.1, -0.05) is 0 Å². The second-order valence-electron chi connectivity index (χ2n) is 5.22. The average Bonchev–Trinajstić information content (AvgIpc) is 2.47. The maximum Gasteiger partial charge on any atom is 0.211 e. The van der Waals surface area contributed by atoms with Crippen LogP contribution < -0.4 is 10.6 Å². The van der Waals surface area contributed by atoms with Crippen LogP contribution >= 0.6 is 0 Å². The van der Waals surface area contributed by atoms with Crippen LogP contribution in [0.1, 0.15) is 0 Å². The molecule has 2 heterocycles. The quantitative estimate of drug-likeness (QED) is 0.834. The number of aromatic nitrogens is 1. The van der Waals surface area contributed by atoms with Crippen LogP contribution in [0, 0.1) is 0 Å². The van der Waals surface area contributed by atoms with Crippen molar-refractivity contribution in [3.8, 4) is 0 Å². The topological polar surface area (TPSA) is 79.5 Å². The van der Waals surface area contributed by atoms with Crippen molar-refractivity contribution in [3.63, 3.8) is 0 Å². The summed E-state index contributed by atoms with van der Waals surface area (Å²) in [6, 6.07) is 7.65. The summed E-state index contributed by atoms with van der Waals surface area (Å²) in [5.41, 5.74) is 8.57. The molecule has 0 saturated carbocycles. The zero-order valence-corrected chi connectivity index (χ0v) is 12.7. The molecule has 0 spiro atoms. The van der Waals surface area contributed by atoms with E-state index in [1.165, 1.54) is 10.6 Å². The Bertz CT molecular complexity index is 768. The number of nitrogens with two attached hydrogens (primary N) is 1. The smallest absolute Gasteiger partial charge is 0.211 e. The van der Waals surface area contributed by atoms with E-state index in [4.69, 9.17) is 5.73 Å². The molecule has 21 heavy (non-hydrogen) atoms. The number of benzene rings is 1. The molecule has 112 valence electrons. The van der Waals surface area contributed by atoms with Gasteiger partial charge in [0.25, 0.3) is 0 Å². The van der Waals surface area contributed by atoms with E-state index >= 15 is 0 Å². The molecule has 7 heteroatoms. The van der Waals surface area contributed by atoms with Gasteiger partial charge in [-0.05, 0) is 24.3 Å². The molecule has 1 saturated heterocycles. The Morgan fingerprint density at radius 1 is 1.14 bits per heavy atom. The molecule has 0 aliphatic carbocycles. The lowest BCUT2D eigenvalue weighted by Crippen LogP contribution is -2.48. The number of rotatable bonds is 2. The Labute approximate surface area is 124 Å². The molecule has 0 amide bonds. The van der Waals surface area contributed by atoms with Gasteiger partial charge in [-0.15, -0.1) is 0 Å². The molecule has 0 bridgehead atoms. The molecule has 2 N–H and O–H groups in total. The highest BCUT2D eigenvalue weighted by atomic mass is 32.2. The van der Waals surface area contributed by atoms with Gasteiger partial charge >= 0.3 is 0 Å². The summed E-state index contributed by atoms with van der Waals surface area (Å²) in [5, 5.41) is 0.931. The average molecular weight is 306 g/mol. The van der Waals surface area contributed by atoms with Crippen molar-refractivity contribution in [2.75, 3.05) is 43.1 Å². The van der Waals surface area contributed by atoms with E-state index in [9.17, 15) is 8.42 Å². The van der Waals surface area contributed by atoms with Crippen LogP contribution in [0.5, 0.6) is 0 Å². The predicted octanol–water partition coefficient (Wildman–Crippen LogP) is 0.899. The molecule has 0 radical (unpaired) electrons. The molecule has 1 fully saturated rings. The standard InChI is InChI=1S/C14H18N4O2S/c1-21(19,20)18-9-7-17(8-10-18)13-5-4-12(15)11-3-2-6-16-14(11)13/h2-6H,7-10,15H2,1H3. The second-order valence-corrected chi connectivity index (χ2v) is 7.21. The minimum absolute atomic E-state index is 0.498. The summed E-state index contributed by atoms with van der Waals surface area (Å²) in [4.78, 5) is 6.59. The summed E-state index contributed by atoms with van der Waals surface area (Å²) in [6.45, 7) is 2.31. The number of hydrogen-bond donors (Lipinski definition) is 1. The van der Waals surface area contributed by atoms with Gasteiger partial charge in [0.15, 0.2) is 0 Å². The molecule has 0 atom stereocenters. The molecule has 1 aliphatic heterocycles. The number of nitrogens with zero attached hydrogens (tertiary/aromatic N) is 3. The Hall–Kier alpha value is -1.86. The van der Waals surface area contributed by atoms with Crippen LogP contribution in [0.2, 0.25) is 0 Å². The third kappa shape index (κ3) is 2.66. The van der Waals surface area contributed by atoms with Crippen molar-refractivity contribution < 1.29 is 8.42 Å². The lowest BCUT2D eigenvalue weighted by molar-refractivity contribution is 0.388. The number of piperazine rings is 1. The first-order chi connectivity index (χ1) is 9.97. The second kappa shape index (κ2) is 5.16. The first-order valence-electron chi connectivity index (χ1n) is 6.80. The van der Waals surface area contributed by atoms with Crippen molar-refractivity contribution in [1.29, 1.82) is 0 Å². The number of pyridine rings is 1. The third-order valence-corrected chi connectivity index (χ3v) is 5.13. The van der Waals surface area contributed by atoms with Gasteiger partial charge in [-0.25, -0.2) is 8.42 Å². The van der Waals surface area contributed by atoms with Crippen molar-refractivity contribution in [1.82, 2.24) is 9.29 Å². The lowest BCUT2D eigenvalue weighted by atomic mass is 10.1. The number of hydrogen-bond acceptors (Lipinski definition) is 5. The number of sulfonamides is 1. The highest BCUT2D eigenvalue weighted by Crippen LogP contribution is 2.29. The van der Waals surface area contributed by atoms with Crippen molar-refractivity contribution in [2.24, 2.45) is 0 Å². The minimum atomic E-state index is -3.11. The first kappa shape index (κ1) is 14.1. The highest BCUT2D eigenvalue weighted by Gasteiger charge is 2.24. The monoisotopic (exact) mass is 306 g/mol. The fraction of sp³-hybridized carbons (Fsp3) is 0.357. The van der Waals surface area contributed by atoms with Crippen molar-refractivity contribution in [3.05, 3.63) is 30.5 Å². The van der Waals surface area contributed by atoms with E-state index in [0.29, 0.717) is 31.9 Å². The van der Waals surface area contributed by atoms with Gasteiger partial charge in [0.05, 0.1) is 17.5 Å². The Kier molecular flexibility index (Phi) is 3.46. The molecular formula is C14H18N4O2S. The number of anilines is 2. The predicted molar refractivity (Wildman–Crippen MR) is 84.8 cm³/mol. The maximum atomic E-state index is 11.6. The van der Waals surface area contributed by atoms with Crippen LogP contribution in [-0.4, -0.2) is 50.1 Å². The largest absolute Gasteiger partial charge is 0.398 e. The maximum absolute atomic E-state index is 11.6. The van der Waals surface area contributed by atoms with E-state index in [1.54, 1.807) is 6.20 Å². The Balaban J connectivity index is 1.91. The van der Waals surface area contributed by atoms with E-state index < -0.39 is 10.0 Å². The summed E-state index contributed by atoms with van der Waals surface area (Å²) in [6.07, 6.45) is 3.00. The zero-order valence-electron chi connectivity index (χ0n) is 11.9. The van der Waals surface area contributed by atoms with Gasteiger partial charge in [0.1, 0.15) is 0 Å². The lowest BCUT2D eigenvalue weighted by Gasteiger charge is -2.35. The summed E-state index contributed by atoms with van der Waals surface area (Å²) < 4.78 is 24.6. The summed E-state index contributed by atoms with van der Waals surface area (Å²) in [7, 11) is -3.11. The van der Waals surface area contributed by atoms with Crippen molar-refractivity contribution >= 4 is 32.3 Å². The first-order valence-corrected chi connectivity index (χ1v) is 8.65. The Morgan fingerprint density at radius 2 is 1.86 bits per heavy atom. The number of fused-ring (bicyclic) bond motifs is 1. The van der Waals surface area contributed by atoms with Gasteiger partial charge in [0.2, 0.25) is 10.0 Å². The normalized spacial score (nSPS) is 17.3. The van der Waals surface area contributed by atoms with Crippen molar-refractivity contribution in [2.45, 2.75) is 0 Å². The van der Waals surface area contributed by atoms with Gasteiger partial charge in [0, 0.05) is 43.4 Å². The van der Waals surface area contributed by atoms with E-state index in [2.05, 4.69) is 9.88 Å². The molecular weight excluding hydrogens is 288 g/mol. The van der Waals surface area contributed by atoms with Gasteiger partial charge < -0.3 is 10.6 Å².